The Morgan fingerprint density at radius 1 is 1.27 bits per heavy atom. The Bertz CT molecular complexity index is 89.6. The van der Waals surface area contributed by atoms with E-state index in [1.165, 1.54) is 12.8 Å². The van der Waals surface area contributed by atoms with Crippen LogP contribution >= 0.6 is 0 Å². The smallest absolute Gasteiger partial charge is 0.0639 e. The molecule has 0 spiro atoms. The summed E-state index contributed by atoms with van der Waals surface area (Å²) < 4.78 is 0. The summed E-state index contributed by atoms with van der Waals surface area (Å²) in [6.45, 7) is 6.99. The quantitative estimate of drug-likeness (QED) is 0.657. The van der Waals surface area contributed by atoms with Gasteiger partial charge in [-0.25, -0.2) is 0 Å². The Labute approximate surface area is 70.2 Å². The lowest BCUT2D eigenvalue weighted by Crippen LogP contribution is -2.35. The molecule has 0 bridgehead atoms. The zero-order chi connectivity index (χ0) is 8.85. The highest BCUT2D eigenvalue weighted by Crippen LogP contribution is 2.05. The maximum atomic E-state index is 9.12. The molecule has 0 saturated carbocycles. The highest BCUT2D eigenvalue weighted by Gasteiger charge is 2.11. The molecule has 1 atom stereocenters. The van der Waals surface area contributed by atoms with Crippen molar-refractivity contribution in [1.29, 1.82) is 0 Å². The molecular formula is C9H21NO. The van der Waals surface area contributed by atoms with E-state index in [4.69, 9.17) is 5.11 Å². The van der Waals surface area contributed by atoms with E-state index >= 15 is 0 Å². The molecule has 0 saturated heterocycles. The van der Waals surface area contributed by atoms with E-state index in [9.17, 15) is 0 Å². The number of aliphatic hydroxyl groups is 1. The average Bonchev–Trinajstić information content (AvgIpc) is 1.88. The van der Waals surface area contributed by atoms with Crippen LogP contribution < -0.4 is 0 Å². The Hall–Kier alpha value is -0.0800. The van der Waals surface area contributed by atoms with Crippen molar-refractivity contribution in [2.45, 2.75) is 45.8 Å². The maximum absolute atomic E-state index is 9.12. The van der Waals surface area contributed by atoms with Gasteiger partial charge in [0, 0.05) is 12.6 Å². The zero-order valence-electron chi connectivity index (χ0n) is 8.17. The fourth-order valence-electron chi connectivity index (χ4n) is 1.48. The summed E-state index contributed by atoms with van der Waals surface area (Å²) in [5.41, 5.74) is 0. The molecule has 0 aromatic heterocycles. The Morgan fingerprint density at radius 3 is 2.00 bits per heavy atom. The summed E-state index contributed by atoms with van der Waals surface area (Å²) in [7, 11) is 2.07. The van der Waals surface area contributed by atoms with E-state index in [-0.39, 0.29) is 6.10 Å². The number of nitrogens with zero attached hydrogens (tertiary/aromatic N) is 1. The van der Waals surface area contributed by atoms with Crippen LogP contribution in [0.4, 0.5) is 0 Å². The molecule has 2 nitrogen and oxygen atoms in total. The molecule has 0 aliphatic heterocycles. The summed E-state index contributed by atoms with van der Waals surface area (Å²) in [5, 5.41) is 9.12. The van der Waals surface area contributed by atoms with E-state index in [1.54, 1.807) is 0 Å². The van der Waals surface area contributed by atoms with Gasteiger partial charge < -0.3 is 10.0 Å². The third-order valence-electron chi connectivity index (χ3n) is 2.12. The molecule has 0 fully saturated rings. The van der Waals surface area contributed by atoms with E-state index < -0.39 is 0 Å². The van der Waals surface area contributed by atoms with Gasteiger partial charge >= 0.3 is 0 Å². The van der Waals surface area contributed by atoms with Crippen LogP contribution in [0.15, 0.2) is 0 Å². The summed E-state index contributed by atoms with van der Waals surface area (Å²) in [4.78, 5) is 2.23. The Morgan fingerprint density at radius 2 is 1.73 bits per heavy atom. The largest absolute Gasteiger partial charge is 0.392 e. The standard InChI is InChI=1S/C9H21NO/c1-5-9(6-2)10(4)7-8(3)11/h8-9,11H,5-7H2,1-4H3/t8-/m0/s1. The van der Waals surface area contributed by atoms with Crippen molar-refractivity contribution in [1.82, 2.24) is 4.90 Å². The third-order valence-corrected chi connectivity index (χ3v) is 2.12. The second-order valence-electron chi connectivity index (χ2n) is 3.26. The van der Waals surface area contributed by atoms with Crippen LogP contribution in [0.25, 0.3) is 0 Å². The third kappa shape index (κ3) is 4.38. The van der Waals surface area contributed by atoms with E-state index in [2.05, 4.69) is 25.8 Å². The summed E-state index contributed by atoms with van der Waals surface area (Å²) in [5.74, 6) is 0. The fourth-order valence-corrected chi connectivity index (χ4v) is 1.48. The lowest BCUT2D eigenvalue weighted by Gasteiger charge is -2.26. The number of hydrogen-bond donors (Lipinski definition) is 1. The van der Waals surface area contributed by atoms with Gasteiger partial charge in [0.15, 0.2) is 0 Å². The zero-order valence-corrected chi connectivity index (χ0v) is 8.17. The molecule has 68 valence electrons. The lowest BCUT2D eigenvalue weighted by atomic mass is 10.1. The van der Waals surface area contributed by atoms with Crippen molar-refractivity contribution in [2.24, 2.45) is 0 Å². The van der Waals surface area contributed by atoms with Gasteiger partial charge in [-0.1, -0.05) is 13.8 Å². The minimum absolute atomic E-state index is 0.208. The molecular weight excluding hydrogens is 138 g/mol. The molecule has 0 rings (SSSR count). The van der Waals surface area contributed by atoms with Crippen molar-refractivity contribution in [3.8, 4) is 0 Å². The predicted molar refractivity (Wildman–Crippen MR) is 48.7 cm³/mol. The van der Waals surface area contributed by atoms with Gasteiger partial charge in [-0.2, -0.15) is 0 Å². The monoisotopic (exact) mass is 159 g/mol. The van der Waals surface area contributed by atoms with Crippen LogP contribution in [0.5, 0.6) is 0 Å². The van der Waals surface area contributed by atoms with Crippen LogP contribution in [0.3, 0.4) is 0 Å². The summed E-state index contributed by atoms with van der Waals surface area (Å²) in [6, 6.07) is 0.629. The average molecular weight is 159 g/mol. The maximum Gasteiger partial charge on any atom is 0.0639 e. The van der Waals surface area contributed by atoms with Crippen LogP contribution in [0, 0.1) is 0 Å². The fraction of sp³-hybridized carbons (Fsp3) is 1.00. The first-order valence-electron chi connectivity index (χ1n) is 4.50. The van der Waals surface area contributed by atoms with Gasteiger partial charge in [0.1, 0.15) is 0 Å². The number of aliphatic hydroxyl groups excluding tert-OH is 1. The molecule has 0 heterocycles. The van der Waals surface area contributed by atoms with Gasteiger partial charge in [0.2, 0.25) is 0 Å². The molecule has 0 amide bonds. The number of likely N-dealkylation sites (N-methyl/N-ethyl adjacent to an activating group) is 1. The first-order valence-corrected chi connectivity index (χ1v) is 4.50. The highest BCUT2D eigenvalue weighted by atomic mass is 16.3. The van der Waals surface area contributed by atoms with E-state index in [1.807, 2.05) is 6.92 Å². The molecule has 0 aromatic rings. The van der Waals surface area contributed by atoms with Gasteiger partial charge in [-0.05, 0) is 26.8 Å². The van der Waals surface area contributed by atoms with Gasteiger partial charge in [-0.3, -0.25) is 0 Å². The second-order valence-corrected chi connectivity index (χ2v) is 3.26. The van der Waals surface area contributed by atoms with Gasteiger partial charge in [0.05, 0.1) is 6.10 Å². The molecule has 0 radical (unpaired) electrons. The van der Waals surface area contributed by atoms with Crippen LogP contribution in [-0.2, 0) is 0 Å². The molecule has 2 heteroatoms. The van der Waals surface area contributed by atoms with Crippen LogP contribution in [0.1, 0.15) is 33.6 Å². The summed E-state index contributed by atoms with van der Waals surface area (Å²) >= 11 is 0. The van der Waals surface area contributed by atoms with Gasteiger partial charge in [0.25, 0.3) is 0 Å². The second kappa shape index (κ2) is 5.56. The van der Waals surface area contributed by atoms with Gasteiger partial charge in [-0.15, -0.1) is 0 Å². The number of hydrogen-bond acceptors (Lipinski definition) is 2. The molecule has 0 aromatic carbocycles. The Balaban J connectivity index is 3.68. The predicted octanol–water partition coefficient (Wildman–Crippen LogP) is 1.49. The van der Waals surface area contributed by atoms with E-state index in [0.29, 0.717) is 6.04 Å². The van der Waals surface area contributed by atoms with Crippen molar-refractivity contribution in [3.05, 3.63) is 0 Å². The van der Waals surface area contributed by atoms with Crippen molar-refractivity contribution in [3.63, 3.8) is 0 Å². The molecule has 0 aliphatic carbocycles. The van der Waals surface area contributed by atoms with Crippen molar-refractivity contribution >= 4 is 0 Å². The SMILES string of the molecule is CCC(CC)N(C)C[C@H](C)O. The number of rotatable bonds is 5. The van der Waals surface area contributed by atoms with Crippen LogP contribution in [0.2, 0.25) is 0 Å². The van der Waals surface area contributed by atoms with Crippen molar-refractivity contribution < 1.29 is 5.11 Å². The molecule has 11 heavy (non-hydrogen) atoms. The normalized spacial score (nSPS) is 14.5. The molecule has 0 aliphatic rings. The first kappa shape index (κ1) is 10.9. The highest BCUT2D eigenvalue weighted by molar-refractivity contribution is 4.66. The lowest BCUT2D eigenvalue weighted by molar-refractivity contribution is 0.114. The summed E-state index contributed by atoms with van der Waals surface area (Å²) in [6.07, 6.45) is 2.12. The molecule has 1 N–H and O–H groups in total. The minimum Gasteiger partial charge on any atom is -0.392 e. The first-order chi connectivity index (χ1) is 5.11. The van der Waals surface area contributed by atoms with Crippen molar-refractivity contribution in [2.75, 3.05) is 13.6 Å². The Kier molecular flexibility index (Phi) is 5.51. The molecule has 0 unspecified atom stereocenters. The van der Waals surface area contributed by atoms with Crippen LogP contribution in [-0.4, -0.2) is 35.7 Å². The topological polar surface area (TPSA) is 23.5 Å². The minimum atomic E-state index is -0.208. The van der Waals surface area contributed by atoms with E-state index in [0.717, 1.165) is 6.54 Å².